The number of nitrogens with one attached hydrogen (secondary N) is 1. The lowest BCUT2D eigenvalue weighted by molar-refractivity contribution is 0.505. The second-order valence-electron chi connectivity index (χ2n) is 3.75. The first kappa shape index (κ1) is 9.59. The van der Waals surface area contributed by atoms with Gasteiger partial charge in [0.1, 0.15) is 0 Å². The van der Waals surface area contributed by atoms with E-state index >= 15 is 0 Å². The van der Waals surface area contributed by atoms with Gasteiger partial charge >= 0.3 is 0 Å². The van der Waals surface area contributed by atoms with Gasteiger partial charge in [0.25, 0.3) is 0 Å². The molecular weight excluding hydrogens is 184 g/mol. The van der Waals surface area contributed by atoms with Gasteiger partial charge in [-0.2, -0.15) is 0 Å². The minimum Gasteiger partial charge on any atom is -0.314 e. The molecule has 1 aromatic rings. The van der Waals surface area contributed by atoms with Crippen molar-refractivity contribution in [3.05, 3.63) is 35.4 Å². The fourth-order valence-electron chi connectivity index (χ4n) is 1.88. The SMILES string of the molecule is Fc1ccc(C[C@@H]2CCCN2)cc1F. The second kappa shape index (κ2) is 4.05. The molecule has 76 valence electrons. The lowest BCUT2D eigenvalue weighted by atomic mass is 10.0. The molecule has 1 aliphatic heterocycles. The molecule has 3 heteroatoms. The first-order valence-electron chi connectivity index (χ1n) is 4.93. The summed E-state index contributed by atoms with van der Waals surface area (Å²) >= 11 is 0. The summed E-state index contributed by atoms with van der Waals surface area (Å²) in [6.45, 7) is 1.04. The van der Waals surface area contributed by atoms with Crippen LogP contribution in [0, 0.1) is 11.6 Å². The van der Waals surface area contributed by atoms with Crippen LogP contribution >= 0.6 is 0 Å². The predicted octanol–water partition coefficient (Wildman–Crippen LogP) is 2.26. The Morgan fingerprint density at radius 2 is 2.14 bits per heavy atom. The zero-order chi connectivity index (χ0) is 9.97. The Labute approximate surface area is 82.1 Å². The predicted molar refractivity (Wildman–Crippen MR) is 51.1 cm³/mol. The summed E-state index contributed by atoms with van der Waals surface area (Å²) in [7, 11) is 0. The van der Waals surface area contributed by atoms with Gasteiger partial charge in [-0.05, 0) is 43.5 Å². The van der Waals surface area contributed by atoms with E-state index in [4.69, 9.17) is 0 Å². The highest BCUT2D eigenvalue weighted by molar-refractivity contribution is 5.19. The van der Waals surface area contributed by atoms with Gasteiger partial charge in [-0.3, -0.25) is 0 Å². The summed E-state index contributed by atoms with van der Waals surface area (Å²) < 4.78 is 25.5. The Morgan fingerprint density at radius 1 is 1.29 bits per heavy atom. The first-order chi connectivity index (χ1) is 6.75. The topological polar surface area (TPSA) is 12.0 Å². The first-order valence-corrected chi connectivity index (χ1v) is 4.93. The van der Waals surface area contributed by atoms with Crippen molar-refractivity contribution in [1.29, 1.82) is 0 Å². The van der Waals surface area contributed by atoms with Gasteiger partial charge in [0.15, 0.2) is 11.6 Å². The molecule has 0 aliphatic carbocycles. The van der Waals surface area contributed by atoms with E-state index in [1.807, 2.05) is 0 Å². The van der Waals surface area contributed by atoms with Crippen molar-refractivity contribution in [2.75, 3.05) is 6.54 Å². The molecule has 0 radical (unpaired) electrons. The molecule has 2 rings (SSSR count). The molecule has 1 aliphatic rings. The fraction of sp³-hybridized carbons (Fsp3) is 0.455. The third-order valence-electron chi connectivity index (χ3n) is 2.63. The van der Waals surface area contributed by atoms with Crippen LogP contribution < -0.4 is 5.32 Å². The van der Waals surface area contributed by atoms with Crippen molar-refractivity contribution >= 4 is 0 Å². The van der Waals surface area contributed by atoms with Crippen molar-refractivity contribution in [1.82, 2.24) is 5.32 Å². The van der Waals surface area contributed by atoms with Crippen molar-refractivity contribution in [3.8, 4) is 0 Å². The molecule has 1 saturated heterocycles. The third-order valence-corrected chi connectivity index (χ3v) is 2.63. The van der Waals surface area contributed by atoms with E-state index in [1.165, 1.54) is 18.6 Å². The van der Waals surface area contributed by atoms with E-state index in [0.29, 0.717) is 6.04 Å². The van der Waals surface area contributed by atoms with E-state index in [9.17, 15) is 8.78 Å². The Bertz CT molecular complexity index is 319. The van der Waals surface area contributed by atoms with Crippen molar-refractivity contribution in [2.24, 2.45) is 0 Å². The second-order valence-corrected chi connectivity index (χ2v) is 3.75. The summed E-state index contributed by atoms with van der Waals surface area (Å²) in [6, 6.07) is 4.56. The highest BCUT2D eigenvalue weighted by atomic mass is 19.2. The Hall–Kier alpha value is -0.960. The van der Waals surface area contributed by atoms with E-state index in [0.717, 1.165) is 24.9 Å². The van der Waals surface area contributed by atoms with Crippen LogP contribution in [0.4, 0.5) is 8.78 Å². The average molecular weight is 197 g/mol. The summed E-state index contributed by atoms with van der Waals surface area (Å²) in [4.78, 5) is 0. The Kier molecular flexibility index (Phi) is 2.77. The molecule has 14 heavy (non-hydrogen) atoms. The van der Waals surface area contributed by atoms with Gasteiger partial charge in [0.2, 0.25) is 0 Å². The summed E-state index contributed by atoms with van der Waals surface area (Å²) in [5, 5.41) is 3.32. The average Bonchev–Trinajstić information content (AvgIpc) is 2.64. The van der Waals surface area contributed by atoms with Gasteiger partial charge in [0, 0.05) is 6.04 Å². The quantitative estimate of drug-likeness (QED) is 0.766. The van der Waals surface area contributed by atoms with Gasteiger partial charge < -0.3 is 5.32 Å². The van der Waals surface area contributed by atoms with Gasteiger partial charge in [-0.25, -0.2) is 8.78 Å². The van der Waals surface area contributed by atoms with Gasteiger partial charge in [0.05, 0.1) is 0 Å². The van der Waals surface area contributed by atoms with Crippen LogP contribution in [-0.2, 0) is 6.42 Å². The maximum absolute atomic E-state index is 12.9. The molecule has 1 atom stereocenters. The van der Waals surface area contributed by atoms with Crippen LogP contribution in [0.25, 0.3) is 0 Å². The highest BCUT2D eigenvalue weighted by Gasteiger charge is 2.14. The van der Waals surface area contributed by atoms with Gasteiger partial charge in [-0.15, -0.1) is 0 Å². The smallest absolute Gasteiger partial charge is 0.159 e. The van der Waals surface area contributed by atoms with E-state index in [2.05, 4.69) is 5.32 Å². The standard InChI is InChI=1S/C11H13F2N/c12-10-4-3-8(7-11(10)13)6-9-2-1-5-14-9/h3-4,7,9,14H,1-2,5-6H2/t9-/m0/s1. The van der Waals surface area contributed by atoms with Crippen LogP contribution in [0.5, 0.6) is 0 Å². The molecule has 1 heterocycles. The number of rotatable bonds is 2. The molecule has 1 N–H and O–H groups in total. The van der Waals surface area contributed by atoms with E-state index in [-0.39, 0.29) is 0 Å². The number of benzene rings is 1. The molecule has 1 fully saturated rings. The van der Waals surface area contributed by atoms with Crippen LogP contribution in [0.15, 0.2) is 18.2 Å². The van der Waals surface area contributed by atoms with Crippen LogP contribution in [-0.4, -0.2) is 12.6 Å². The molecule has 1 nitrogen and oxygen atoms in total. The highest BCUT2D eigenvalue weighted by Crippen LogP contribution is 2.14. The Balaban J connectivity index is 2.05. The van der Waals surface area contributed by atoms with Crippen LogP contribution in [0.1, 0.15) is 18.4 Å². The van der Waals surface area contributed by atoms with Crippen LogP contribution in [0.3, 0.4) is 0 Å². The number of hydrogen-bond donors (Lipinski definition) is 1. The molecular formula is C11H13F2N. The molecule has 0 bridgehead atoms. The lowest BCUT2D eigenvalue weighted by Gasteiger charge is -2.09. The molecule has 0 saturated carbocycles. The third kappa shape index (κ3) is 2.10. The van der Waals surface area contributed by atoms with E-state index < -0.39 is 11.6 Å². The summed E-state index contributed by atoms with van der Waals surface area (Å²) in [5.41, 5.74) is 0.864. The van der Waals surface area contributed by atoms with E-state index in [1.54, 1.807) is 6.07 Å². The zero-order valence-corrected chi connectivity index (χ0v) is 7.89. The lowest BCUT2D eigenvalue weighted by Crippen LogP contribution is -2.23. The summed E-state index contributed by atoms with van der Waals surface area (Å²) in [5.74, 6) is -1.52. The fourth-order valence-corrected chi connectivity index (χ4v) is 1.88. The van der Waals surface area contributed by atoms with Crippen LogP contribution in [0.2, 0.25) is 0 Å². The molecule has 0 amide bonds. The zero-order valence-electron chi connectivity index (χ0n) is 7.89. The Morgan fingerprint density at radius 3 is 2.79 bits per heavy atom. The largest absolute Gasteiger partial charge is 0.314 e. The molecule has 0 spiro atoms. The summed E-state index contributed by atoms with van der Waals surface area (Å²) in [6.07, 6.45) is 3.09. The normalized spacial score (nSPS) is 21.4. The maximum Gasteiger partial charge on any atom is 0.159 e. The van der Waals surface area contributed by atoms with Crippen molar-refractivity contribution < 1.29 is 8.78 Å². The van der Waals surface area contributed by atoms with Crippen molar-refractivity contribution in [2.45, 2.75) is 25.3 Å². The number of hydrogen-bond acceptors (Lipinski definition) is 1. The van der Waals surface area contributed by atoms with Gasteiger partial charge in [-0.1, -0.05) is 6.07 Å². The minimum atomic E-state index is -0.770. The molecule has 0 unspecified atom stereocenters. The molecule has 1 aromatic carbocycles. The molecule has 0 aromatic heterocycles. The number of halogens is 2. The minimum absolute atomic E-state index is 0.430. The maximum atomic E-state index is 12.9. The van der Waals surface area contributed by atoms with Crippen molar-refractivity contribution in [3.63, 3.8) is 0 Å². The monoisotopic (exact) mass is 197 g/mol.